The summed E-state index contributed by atoms with van der Waals surface area (Å²) in [6, 6.07) is 10.5. The lowest BCUT2D eigenvalue weighted by Gasteiger charge is -2.40. The third-order valence-electron chi connectivity index (χ3n) is 6.42. The number of hydrogen-bond donors (Lipinski definition) is 1. The Hall–Kier alpha value is -1.12. The number of rotatable bonds is 5. The molecule has 0 spiro atoms. The van der Waals surface area contributed by atoms with Gasteiger partial charge in [0.2, 0.25) is 0 Å². The molecule has 1 aromatic rings. The topological polar surface area (TPSA) is 23.5 Å². The molecule has 0 aromatic heterocycles. The zero-order valence-corrected chi connectivity index (χ0v) is 14.0. The minimum absolute atomic E-state index is 0.393. The summed E-state index contributed by atoms with van der Waals surface area (Å²) >= 11 is 0. The highest BCUT2D eigenvalue weighted by Gasteiger charge is 2.48. The van der Waals surface area contributed by atoms with Crippen LogP contribution >= 0.6 is 0 Å². The van der Waals surface area contributed by atoms with Crippen molar-refractivity contribution in [1.29, 1.82) is 0 Å². The van der Waals surface area contributed by atoms with Crippen LogP contribution in [0.25, 0.3) is 0 Å². The second-order valence-electron chi connectivity index (χ2n) is 7.83. The molecule has 1 N–H and O–H groups in total. The molecule has 0 amide bonds. The van der Waals surface area contributed by atoms with Gasteiger partial charge in [0.05, 0.1) is 5.60 Å². The Morgan fingerprint density at radius 3 is 2.43 bits per heavy atom. The lowest BCUT2D eigenvalue weighted by atomic mass is 9.72. The Bertz CT molecular complexity index is 548. The van der Waals surface area contributed by atoms with Crippen molar-refractivity contribution in [2.45, 2.75) is 44.1 Å². The van der Waals surface area contributed by atoms with Crippen LogP contribution in [0.1, 0.15) is 44.1 Å². The molecule has 4 rings (SSSR count). The largest absolute Gasteiger partial charge is 0.385 e. The number of allylic oxidation sites excluding steroid dienone is 2. The first-order valence-corrected chi connectivity index (χ1v) is 9.44. The summed E-state index contributed by atoms with van der Waals surface area (Å²) in [5.41, 5.74) is 0.464. The number of likely N-dealkylation sites (tertiary alicyclic amines) is 1. The van der Waals surface area contributed by atoms with Crippen molar-refractivity contribution in [2.75, 3.05) is 19.6 Å². The Balaban J connectivity index is 1.55. The fraction of sp³-hybridized carbons (Fsp3) is 0.619. The number of piperidine rings is 1. The van der Waals surface area contributed by atoms with Crippen molar-refractivity contribution in [2.24, 2.45) is 17.8 Å². The quantitative estimate of drug-likeness (QED) is 0.832. The minimum atomic E-state index is -0.664. The normalized spacial score (nSPS) is 33.0. The average Bonchev–Trinajstić information content (AvgIpc) is 3.25. The molecule has 1 saturated carbocycles. The maximum atomic E-state index is 11.8. The van der Waals surface area contributed by atoms with E-state index < -0.39 is 5.60 Å². The van der Waals surface area contributed by atoms with E-state index in [-0.39, 0.29) is 0 Å². The van der Waals surface area contributed by atoms with Gasteiger partial charge in [0.15, 0.2) is 0 Å². The predicted molar refractivity (Wildman–Crippen MR) is 94.1 cm³/mol. The predicted octanol–water partition coefficient (Wildman–Crippen LogP) is 3.96. The van der Waals surface area contributed by atoms with Gasteiger partial charge in [0.25, 0.3) is 0 Å². The standard InChI is InChI=1S/C21H29NO/c23-21(19-7-3-1-4-8-19,11-14-22-12-5-2-6-13-22)20-16-17-9-10-18(20)15-17/h1,3-4,7-10,17-18,20,23H,2,5-6,11-16H2/t17-,18+,20-,21?/m0/s1. The van der Waals surface area contributed by atoms with E-state index in [0.29, 0.717) is 17.8 Å². The molecule has 1 aromatic carbocycles. The molecule has 2 fully saturated rings. The van der Waals surface area contributed by atoms with Crippen LogP contribution in [0.3, 0.4) is 0 Å². The van der Waals surface area contributed by atoms with Gasteiger partial charge in [-0.1, -0.05) is 48.9 Å². The number of fused-ring (bicyclic) bond motifs is 2. The first-order valence-electron chi connectivity index (χ1n) is 9.44. The van der Waals surface area contributed by atoms with Crippen LogP contribution in [-0.2, 0) is 5.60 Å². The van der Waals surface area contributed by atoms with Crippen molar-refractivity contribution in [3.63, 3.8) is 0 Å². The highest BCUT2D eigenvalue weighted by Crippen LogP contribution is 2.52. The summed E-state index contributed by atoms with van der Waals surface area (Å²) in [6.07, 6.45) is 12.0. The Morgan fingerprint density at radius 1 is 1.00 bits per heavy atom. The molecule has 1 heterocycles. The van der Waals surface area contributed by atoms with Gasteiger partial charge in [-0.25, -0.2) is 0 Å². The maximum Gasteiger partial charge on any atom is 0.0942 e. The van der Waals surface area contributed by atoms with Crippen molar-refractivity contribution < 1.29 is 5.11 Å². The summed E-state index contributed by atoms with van der Waals surface area (Å²) in [4.78, 5) is 2.56. The Kier molecular flexibility index (Phi) is 4.29. The zero-order chi connectivity index (χ0) is 15.7. The van der Waals surface area contributed by atoms with E-state index in [0.717, 1.165) is 24.9 Å². The summed E-state index contributed by atoms with van der Waals surface area (Å²) in [7, 11) is 0. The summed E-state index contributed by atoms with van der Waals surface area (Å²) in [5.74, 6) is 1.67. The average molecular weight is 311 g/mol. The second kappa shape index (κ2) is 6.41. The van der Waals surface area contributed by atoms with Crippen LogP contribution < -0.4 is 0 Å². The molecule has 3 aliphatic rings. The maximum absolute atomic E-state index is 11.8. The summed E-state index contributed by atoms with van der Waals surface area (Å²) in [5, 5.41) is 11.8. The van der Waals surface area contributed by atoms with Crippen molar-refractivity contribution in [3.8, 4) is 0 Å². The van der Waals surface area contributed by atoms with Crippen LogP contribution in [0.4, 0.5) is 0 Å². The third-order valence-corrected chi connectivity index (χ3v) is 6.42. The number of hydrogen-bond acceptors (Lipinski definition) is 2. The molecule has 124 valence electrons. The SMILES string of the molecule is OC(CCN1CCCCC1)(c1ccccc1)[C@H]1C[C@H]2C=C[C@@H]1C2. The molecular formula is C21H29NO. The second-order valence-corrected chi connectivity index (χ2v) is 7.83. The molecule has 2 nitrogen and oxygen atoms in total. The van der Waals surface area contributed by atoms with Crippen molar-refractivity contribution in [3.05, 3.63) is 48.0 Å². The smallest absolute Gasteiger partial charge is 0.0942 e. The van der Waals surface area contributed by atoms with Crippen LogP contribution in [0.2, 0.25) is 0 Å². The zero-order valence-electron chi connectivity index (χ0n) is 14.0. The summed E-state index contributed by atoms with van der Waals surface area (Å²) in [6.45, 7) is 3.45. The van der Waals surface area contributed by atoms with Crippen LogP contribution in [-0.4, -0.2) is 29.6 Å². The van der Waals surface area contributed by atoms with Gasteiger partial charge >= 0.3 is 0 Å². The van der Waals surface area contributed by atoms with Crippen LogP contribution in [0, 0.1) is 17.8 Å². The van der Waals surface area contributed by atoms with Gasteiger partial charge in [0, 0.05) is 6.54 Å². The number of nitrogens with zero attached hydrogens (tertiary/aromatic N) is 1. The molecular weight excluding hydrogens is 282 g/mol. The van der Waals surface area contributed by atoms with E-state index in [1.54, 1.807) is 0 Å². The molecule has 1 aliphatic heterocycles. The lowest BCUT2D eigenvalue weighted by Crippen LogP contribution is -2.42. The lowest BCUT2D eigenvalue weighted by molar-refractivity contribution is -0.0495. The highest BCUT2D eigenvalue weighted by molar-refractivity contribution is 5.27. The Labute approximate surface area is 140 Å². The first kappa shape index (κ1) is 15.4. The Morgan fingerprint density at radius 2 is 1.78 bits per heavy atom. The van der Waals surface area contributed by atoms with Crippen LogP contribution in [0.5, 0.6) is 0 Å². The van der Waals surface area contributed by atoms with Crippen molar-refractivity contribution in [1.82, 2.24) is 4.90 Å². The molecule has 1 saturated heterocycles. The van der Waals surface area contributed by atoms with Gasteiger partial charge in [-0.15, -0.1) is 0 Å². The molecule has 2 bridgehead atoms. The van der Waals surface area contributed by atoms with Gasteiger partial charge in [-0.2, -0.15) is 0 Å². The molecule has 1 unspecified atom stereocenters. The monoisotopic (exact) mass is 311 g/mol. The van der Waals surface area contributed by atoms with Gasteiger partial charge < -0.3 is 10.0 Å². The van der Waals surface area contributed by atoms with E-state index >= 15 is 0 Å². The van der Waals surface area contributed by atoms with Crippen LogP contribution in [0.15, 0.2) is 42.5 Å². The number of aliphatic hydroxyl groups is 1. The summed E-state index contributed by atoms with van der Waals surface area (Å²) < 4.78 is 0. The fourth-order valence-corrected chi connectivity index (χ4v) is 5.11. The van der Waals surface area contributed by atoms with Gasteiger partial charge in [-0.3, -0.25) is 0 Å². The van der Waals surface area contributed by atoms with E-state index in [1.165, 1.54) is 38.8 Å². The molecule has 0 radical (unpaired) electrons. The van der Waals surface area contributed by atoms with E-state index in [9.17, 15) is 5.11 Å². The molecule has 23 heavy (non-hydrogen) atoms. The minimum Gasteiger partial charge on any atom is -0.385 e. The van der Waals surface area contributed by atoms with Gasteiger partial charge in [0.1, 0.15) is 0 Å². The molecule has 2 heteroatoms. The fourth-order valence-electron chi connectivity index (χ4n) is 5.11. The van der Waals surface area contributed by atoms with E-state index in [1.807, 2.05) is 0 Å². The van der Waals surface area contributed by atoms with E-state index in [2.05, 4.69) is 47.4 Å². The molecule has 2 aliphatic carbocycles. The third kappa shape index (κ3) is 2.99. The highest BCUT2D eigenvalue weighted by atomic mass is 16.3. The van der Waals surface area contributed by atoms with Gasteiger partial charge in [-0.05, 0) is 68.5 Å². The van der Waals surface area contributed by atoms with E-state index in [4.69, 9.17) is 0 Å². The number of benzene rings is 1. The molecule has 4 atom stereocenters. The first-order chi connectivity index (χ1) is 11.3. The van der Waals surface area contributed by atoms with Crippen molar-refractivity contribution >= 4 is 0 Å².